The van der Waals surface area contributed by atoms with Crippen LogP contribution in [0.4, 0.5) is 0 Å². The summed E-state index contributed by atoms with van der Waals surface area (Å²) >= 11 is 0. The van der Waals surface area contributed by atoms with Crippen LogP contribution in [0.15, 0.2) is 60.2 Å². The van der Waals surface area contributed by atoms with Gasteiger partial charge in [-0.05, 0) is 68.5 Å². The molecule has 2 atom stereocenters. The maximum Gasteiger partial charge on any atom is 0.248 e. The first kappa shape index (κ1) is 25.4. The lowest BCUT2D eigenvalue weighted by Gasteiger charge is -2.32. The molecule has 2 aliphatic rings. The van der Waals surface area contributed by atoms with Crippen molar-refractivity contribution in [2.45, 2.75) is 44.8 Å². The van der Waals surface area contributed by atoms with Crippen LogP contribution in [0.25, 0.3) is 6.08 Å². The van der Waals surface area contributed by atoms with Crippen molar-refractivity contribution < 1.29 is 4.79 Å². The summed E-state index contributed by atoms with van der Waals surface area (Å²) in [6, 6.07) is 19.6. The highest BCUT2D eigenvalue weighted by atomic mass is 35.5. The fourth-order valence-electron chi connectivity index (χ4n) is 4.39. The van der Waals surface area contributed by atoms with Gasteiger partial charge >= 0.3 is 0 Å². The third kappa shape index (κ3) is 7.08. The lowest BCUT2D eigenvalue weighted by atomic mass is 10.0. The van der Waals surface area contributed by atoms with Gasteiger partial charge in [-0.1, -0.05) is 54.1 Å². The van der Waals surface area contributed by atoms with Gasteiger partial charge in [0.25, 0.3) is 0 Å². The van der Waals surface area contributed by atoms with E-state index >= 15 is 0 Å². The summed E-state index contributed by atoms with van der Waals surface area (Å²) < 4.78 is 0. The monoisotopic (exact) mass is 461 g/mol. The summed E-state index contributed by atoms with van der Waals surface area (Å²) in [6.45, 7) is 5.44. The van der Waals surface area contributed by atoms with E-state index < -0.39 is 0 Å². The van der Waals surface area contributed by atoms with E-state index in [2.05, 4.69) is 53.5 Å². The Morgan fingerprint density at radius 1 is 1.06 bits per heavy atom. The quantitative estimate of drug-likeness (QED) is 0.629. The van der Waals surface area contributed by atoms with Crippen molar-refractivity contribution in [3.05, 3.63) is 76.9 Å². The van der Waals surface area contributed by atoms with Crippen molar-refractivity contribution in [3.8, 4) is 0 Å². The lowest BCUT2D eigenvalue weighted by Crippen LogP contribution is -2.43. The number of amides is 1. The summed E-state index contributed by atoms with van der Waals surface area (Å²) in [6.07, 6.45) is 5.99. The van der Waals surface area contributed by atoms with Crippen molar-refractivity contribution in [2.75, 3.05) is 13.1 Å². The zero-order valence-corrected chi connectivity index (χ0v) is 19.6. The maximum absolute atomic E-state index is 11.2. The average molecular weight is 462 g/mol. The van der Waals surface area contributed by atoms with E-state index in [1.54, 1.807) is 0 Å². The molecule has 1 heterocycles. The van der Waals surface area contributed by atoms with Crippen molar-refractivity contribution in [1.29, 1.82) is 0 Å². The molecule has 1 aliphatic heterocycles. The van der Waals surface area contributed by atoms with E-state index in [4.69, 9.17) is 5.73 Å². The number of nitrogens with one attached hydrogen (secondary N) is 1. The Kier molecular flexibility index (Phi) is 9.57. The van der Waals surface area contributed by atoms with Crippen LogP contribution in [0, 0.1) is 5.92 Å². The first-order chi connectivity index (χ1) is 14.1. The number of hydrogen-bond acceptors (Lipinski definition) is 3. The Labute approximate surface area is 198 Å². The number of likely N-dealkylation sites (tertiary alicyclic amines) is 1. The summed E-state index contributed by atoms with van der Waals surface area (Å²) in [4.78, 5) is 13.7. The lowest BCUT2D eigenvalue weighted by molar-refractivity contribution is 0.1000. The minimum absolute atomic E-state index is 0. The largest absolute Gasteiger partial charge is 0.366 e. The van der Waals surface area contributed by atoms with Gasteiger partial charge in [-0.2, -0.15) is 0 Å². The highest BCUT2D eigenvalue weighted by Gasteiger charge is 2.39. The van der Waals surface area contributed by atoms with Gasteiger partial charge in [0.05, 0.1) is 0 Å². The van der Waals surface area contributed by atoms with Gasteiger partial charge in [0.15, 0.2) is 0 Å². The number of carbonyl (C=O) groups excluding carboxylic acids is 1. The van der Waals surface area contributed by atoms with Crippen LogP contribution in [-0.2, 0) is 6.54 Å². The van der Waals surface area contributed by atoms with Crippen molar-refractivity contribution >= 4 is 36.8 Å². The summed E-state index contributed by atoms with van der Waals surface area (Å²) in [7, 11) is 0. The molecule has 0 unspecified atom stereocenters. The van der Waals surface area contributed by atoms with Crippen LogP contribution >= 0.6 is 24.8 Å². The fourth-order valence-corrected chi connectivity index (χ4v) is 4.39. The van der Waals surface area contributed by atoms with Crippen molar-refractivity contribution in [2.24, 2.45) is 11.7 Å². The number of carbonyl (C=O) groups is 1. The topological polar surface area (TPSA) is 58.4 Å². The average Bonchev–Trinajstić information content (AvgIpc) is 3.50. The molecule has 4 rings (SSSR count). The second kappa shape index (κ2) is 11.7. The van der Waals surface area contributed by atoms with E-state index in [1.165, 1.54) is 36.0 Å². The Balaban J connectivity index is 0.00000171. The van der Waals surface area contributed by atoms with Gasteiger partial charge in [-0.25, -0.2) is 0 Å². The summed E-state index contributed by atoms with van der Waals surface area (Å²) in [5, 5.41) is 3.90. The summed E-state index contributed by atoms with van der Waals surface area (Å²) in [5.74, 6) is 0.327. The highest BCUT2D eigenvalue weighted by Crippen LogP contribution is 2.38. The van der Waals surface area contributed by atoms with Gasteiger partial charge < -0.3 is 11.1 Å². The van der Waals surface area contributed by atoms with Crippen LogP contribution in [0.2, 0.25) is 0 Å². The predicted octanol–water partition coefficient (Wildman–Crippen LogP) is 4.68. The molecule has 4 nitrogen and oxygen atoms in total. The first-order valence-electron chi connectivity index (χ1n) is 10.7. The highest BCUT2D eigenvalue weighted by molar-refractivity contribution is 5.92. The summed E-state index contributed by atoms with van der Waals surface area (Å²) in [5.41, 5.74) is 9.92. The van der Waals surface area contributed by atoms with Crippen LogP contribution in [-0.4, -0.2) is 36.0 Å². The van der Waals surface area contributed by atoms with Gasteiger partial charge in [-0.15, -0.1) is 24.8 Å². The number of primary amides is 1. The van der Waals surface area contributed by atoms with E-state index in [9.17, 15) is 4.79 Å². The first-order valence-corrected chi connectivity index (χ1v) is 10.7. The van der Waals surface area contributed by atoms with Gasteiger partial charge in [0, 0.05) is 24.2 Å². The van der Waals surface area contributed by atoms with Crippen LogP contribution in [0.5, 0.6) is 0 Å². The molecule has 1 aliphatic carbocycles. The molecule has 2 fully saturated rings. The minimum Gasteiger partial charge on any atom is -0.366 e. The smallest absolute Gasteiger partial charge is 0.248 e. The normalized spacial score (nSPS) is 21.6. The van der Waals surface area contributed by atoms with Crippen LogP contribution < -0.4 is 11.1 Å². The van der Waals surface area contributed by atoms with E-state index in [1.807, 2.05) is 24.3 Å². The van der Waals surface area contributed by atoms with Crippen molar-refractivity contribution in [1.82, 2.24) is 10.2 Å². The third-order valence-electron chi connectivity index (χ3n) is 6.25. The molecule has 31 heavy (non-hydrogen) atoms. The number of rotatable bonds is 7. The Morgan fingerprint density at radius 2 is 1.71 bits per heavy atom. The van der Waals surface area contributed by atoms with Crippen molar-refractivity contribution in [3.63, 3.8) is 0 Å². The molecule has 0 radical (unpaired) electrons. The second-order valence-corrected chi connectivity index (χ2v) is 8.53. The molecule has 3 N–H and O–H groups in total. The number of halogens is 2. The molecular weight excluding hydrogens is 429 g/mol. The van der Waals surface area contributed by atoms with Gasteiger partial charge in [0.1, 0.15) is 0 Å². The standard InChI is InChI=1S/C25H31N3O.2ClH/c1-18(15-19-5-3-2-4-6-19)23-16-24(23)27-22-11-13-28(14-12-22)17-20-7-9-21(10-8-20)25(26)29;;/h2-10,15,22-24,27H,11-14,16-17H2,1H3,(H2,26,29);2*1H/b18-15+;;/t23-,24+;;/m0../s1. The van der Waals surface area contributed by atoms with E-state index in [0.29, 0.717) is 23.6 Å². The number of nitrogens with two attached hydrogens (primary N) is 1. The molecule has 2 aromatic rings. The number of piperidine rings is 1. The molecule has 6 heteroatoms. The number of benzene rings is 2. The molecule has 0 spiro atoms. The Morgan fingerprint density at radius 3 is 2.32 bits per heavy atom. The molecule has 1 amide bonds. The Hall–Kier alpha value is -1.85. The Bertz CT molecular complexity index is 862. The predicted molar refractivity (Wildman–Crippen MR) is 133 cm³/mol. The third-order valence-corrected chi connectivity index (χ3v) is 6.25. The van der Waals surface area contributed by atoms with Crippen LogP contribution in [0.3, 0.4) is 0 Å². The van der Waals surface area contributed by atoms with E-state index in [-0.39, 0.29) is 30.7 Å². The molecule has 1 saturated heterocycles. The molecule has 2 aromatic carbocycles. The van der Waals surface area contributed by atoms with Gasteiger partial charge in [0.2, 0.25) is 5.91 Å². The SMILES string of the molecule is C/C(=C\c1ccccc1)[C@@H]1C[C@H]1NC1CCN(Cc2ccc(C(N)=O)cc2)CC1.Cl.Cl. The molecular formula is C25H33Cl2N3O. The number of nitrogens with zero attached hydrogens (tertiary/aromatic N) is 1. The van der Waals surface area contributed by atoms with Gasteiger partial charge in [-0.3, -0.25) is 9.69 Å². The molecule has 168 valence electrons. The van der Waals surface area contributed by atoms with E-state index in [0.717, 1.165) is 19.6 Å². The molecule has 1 saturated carbocycles. The second-order valence-electron chi connectivity index (χ2n) is 8.53. The number of hydrogen-bond donors (Lipinski definition) is 2. The molecule has 0 bridgehead atoms. The maximum atomic E-state index is 11.2. The fraction of sp³-hybridized carbons (Fsp3) is 0.400. The zero-order chi connectivity index (χ0) is 20.2. The minimum atomic E-state index is -0.365. The zero-order valence-electron chi connectivity index (χ0n) is 18.0. The molecule has 0 aromatic heterocycles. The van der Waals surface area contributed by atoms with Crippen LogP contribution in [0.1, 0.15) is 47.7 Å².